The number of methoxy groups -OCH3 is 1. The predicted molar refractivity (Wildman–Crippen MR) is 133 cm³/mol. The zero-order chi connectivity index (χ0) is 25.8. The number of nitrogens with one attached hydrogen (secondary N) is 2. The summed E-state index contributed by atoms with van der Waals surface area (Å²) in [6.45, 7) is 11.5. The van der Waals surface area contributed by atoms with E-state index in [4.69, 9.17) is 23.7 Å². The van der Waals surface area contributed by atoms with Crippen molar-refractivity contribution in [3.63, 3.8) is 0 Å². The maximum atomic E-state index is 12.8. The number of rotatable bonds is 13. The summed E-state index contributed by atoms with van der Waals surface area (Å²) in [5, 5.41) is 0. The van der Waals surface area contributed by atoms with Crippen LogP contribution in [0.3, 0.4) is 0 Å². The molecule has 35 heavy (non-hydrogen) atoms. The van der Waals surface area contributed by atoms with Crippen LogP contribution < -0.4 is 34.5 Å². The van der Waals surface area contributed by atoms with Gasteiger partial charge < -0.3 is 23.7 Å². The summed E-state index contributed by atoms with van der Waals surface area (Å²) in [4.78, 5) is 25.4. The van der Waals surface area contributed by atoms with Crippen molar-refractivity contribution in [3.8, 4) is 28.7 Å². The van der Waals surface area contributed by atoms with Crippen LogP contribution in [0.5, 0.6) is 28.7 Å². The SMILES string of the molecule is CCOc1cc(C(=O)NNC(=O)c2ccc(OCCC(C)C)c(OC)c2)cc(OCC)c1OCC. The number of benzene rings is 2. The average Bonchev–Trinajstić information content (AvgIpc) is 2.84. The third-order valence-corrected chi connectivity index (χ3v) is 4.84. The van der Waals surface area contributed by atoms with Crippen molar-refractivity contribution in [2.45, 2.75) is 41.0 Å². The van der Waals surface area contributed by atoms with Crippen LogP contribution in [0.25, 0.3) is 0 Å². The van der Waals surface area contributed by atoms with E-state index in [1.165, 1.54) is 7.11 Å². The highest BCUT2D eigenvalue weighted by atomic mass is 16.5. The second kappa shape index (κ2) is 13.9. The first kappa shape index (κ1) is 27.6. The molecule has 2 rings (SSSR count). The summed E-state index contributed by atoms with van der Waals surface area (Å²) in [5.41, 5.74) is 5.39. The molecule has 0 radical (unpaired) electrons. The minimum absolute atomic E-state index is 0.243. The van der Waals surface area contributed by atoms with E-state index in [0.29, 0.717) is 66.7 Å². The molecule has 9 nitrogen and oxygen atoms in total. The highest BCUT2D eigenvalue weighted by molar-refractivity contribution is 6.00. The van der Waals surface area contributed by atoms with Crippen LogP contribution >= 0.6 is 0 Å². The van der Waals surface area contributed by atoms with E-state index < -0.39 is 11.8 Å². The molecule has 2 N–H and O–H groups in total. The van der Waals surface area contributed by atoms with Gasteiger partial charge >= 0.3 is 0 Å². The molecule has 0 unspecified atom stereocenters. The fourth-order valence-electron chi connectivity index (χ4n) is 3.11. The molecule has 0 aliphatic rings. The van der Waals surface area contributed by atoms with Crippen LogP contribution in [0.15, 0.2) is 30.3 Å². The summed E-state index contributed by atoms with van der Waals surface area (Å²) >= 11 is 0. The van der Waals surface area contributed by atoms with Crippen molar-refractivity contribution in [3.05, 3.63) is 41.5 Å². The van der Waals surface area contributed by atoms with Gasteiger partial charge in [0.05, 0.1) is 33.5 Å². The number of amides is 2. The zero-order valence-corrected chi connectivity index (χ0v) is 21.4. The first-order valence-corrected chi connectivity index (χ1v) is 11.8. The Morgan fingerprint density at radius 3 is 1.80 bits per heavy atom. The molecule has 0 atom stereocenters. The summed E-state index contributed by atoms with van der Waals surface area (Å²) in [6.07, 6.45) is 0.902. The molecule has 0 bridgehead atoms. The van der Waals surface area contributed by atoms with Gasteiger partial charge in [-0.25, -0.2) is 0 Å². The largest absolute Gasteiger partial charge is 0.493 e. The van der Waals surface area contributed by atoms with E-state index >= 15 is 0 Å². The summed E-state index contributed by atoms with van der Waals surface area (Å²) in [5.74, 6) is 1.65. The minimum Gasteiger partial charge on any atom is -0.493 e. The quantitative estimate of drug-likeness (QED) is 0.403. The molecule has 0 heterocycles. The van der Waals surface area contributed by atoms with E-state index in [2.05, 4.69) is 24.7 Å². The maximum absolute atomic E-state index is 12.8. The van der Waals surface area contributed by atoms with Crippen molar-refractivity contribution in [2.24, 2.45) is 5.92 Å². The third-order valence-electron chi connectivity index (χ3n) is 4.84. The second-order valence-corrected chi connectivity index (χ2v) is 7.91. The molecule has 0 saturated heterocycles. The highest BCUT2D eigenvalue weighted by Crippen LogP contribution is 2.39. The minimum atomic E-state index is -0.538. The van der Waals surface area contributed by atoms with Crippen LogP contribution in [0.1, 0.15) is 61.8 Å². The Morgan fingerprint density at radius 2 is 1.29 bits per heavy atom. The number of hydrogen-bond donors (Lipinski definition) is 2. The standard InChI is InChI=1S/C26H36N2O7/c1-7-32-22-15-19(16-23(33-8-2)24(22)34-9-3)26(30)28-27-25(29)18-10-11-20(21(14-18)31-6)35-13-12-17(4)5/h10-11,14-17H,7-9,12-13H2,1-6H3,(H,27,29)(H,28,30). The van der Waals surface area contributed by atoms with E-state index in [0.717, 1.165) is 6.42 Å². The lowest BCUT2D eigenvalue weighted by molar-refractivity contribution is 0.0846. The molecule has 2 aromatic carbocycles. The van der Waals surface area contributed by atoms with Crippen molar-refractivity contribution >= 4 is 11.8 Å². The van der Waals surface area contributed by atoms with Crippen LogP contribution in [0.2, 0.25) is 0 Å². The number of carbonyl (C=O) groups is 2. The molecular weight excluding hydrogens is 452 g/mol. The number of carbonyl (C=O) groups excluding carboxylic acids is 2. The second-order valence-electron chi connectivity index (χ2n) is 7.91. The van der Waals surface area contributed by atoms with Crippen LogP contribution in [0.4, 0.5) is 0 Å². The normalized spacial score (nSPS) is 10.5. The molecule has 0 aliphatic heterocycles. The Hall–Kier alpha value is -3.62. The van der Waals surface area contributed by atoms with E-state index in [1.54, 1.807) is 30.3 Å². The van der Waals surface area contributed by atoms with Crippen molar-refractivity contribution in [1.82, 2.24) is 10.9 Å². The molecule has 0 spiro atoms. The lowest BCUT2D eigenvalue weighted by Crippen LogP contribution is -2.41. The molecule has 0 fully saturated rings. The fraction of sp³-hybridized carbons (Fsp3) is 0.462. The fourth-order valence-corrected chi connectivity index (χ4v) is 3.11. The zero-order valence-electron chi connectivity index (χ0n) is 21.4. The smallest absolute Gasteiger partial charge is 0.269 e. The summed E-state index contributed by atoms with van der Waals surface area (Å²) in [7, 11) is 1.51. The number of ether oxygens (including phenoxy) is 5. The van der Waals surface area contributed by atoms with Gasteiger partial charge in [0.25, 0.3) is 11.8 Å². The summed E-state index contributed by atoms with van der Waals surface area (Å²) in [6, 6.07) is 7.93. The monoisotopic (exact) mass is 488 g/mol. The van der Waals surface area contributed by atoms with Crippen LogP contribution in [-0.2, 0) is 0 Å². The molecule has 192 valence electrons. The number of hydrogen-bond acceptors (Lipinski definition) is 7. The van der Waals surface area contributed by atoms with Crippen LogP contribution in [-0.4, -0.2) is 45.4 Å². The first-order valence-electron chi connectivity index (χ1n) is 11.8. The Balaban J connectivity index is 2.13. The Bertz CT molecular complexity index is 965. The van der Waals surface area contributed by atoms with Gasteiger partial charge in [-0.2, -0.15) is 0 Å². The van der Waals surface area contributed by atoms with Crippen molar-refractivity contribution in [2.75, 3.05) is 33.5 Å². The Kier molecular flexibility index (Phi) is 11.0. The Morgan fingerprint density at radius 1 is 0.743 bits per heavy atom. The van der Waals surface area contributed by atoms with Crippen molar-refractivity contribution < 1.29 is 33.3 Å². The molecule has 2 aromatic rings. The molecule has 2 amide bonds. The highest BCUT2D eigenvalue weighted by Gasteiger charge is 2.19. The van der Waals surface area contributed by atoms with Gasteiger partial charge in [0.1, 0.15) is 0 Å². The van der Waals surface area contributed by atoms with Gasteiger partial charge in [0, 0.05) is 11.1 Å². The van der Waals surface area contributed by atoms with E-state index in [9.17, 15) is 9.59 Å². The summed E-state index contributed by atoms with van der Waals surface area (Å²) < 4.78 is 28.1. The van der Waals surface area contributed by atoms with Gasteiger partial charge in [-0.3, -0.25) is 20.4 Å². The van der Waals surface area contributed by atoms with Gasteiger partial charge in [0.2, 0.25) is 5.75 Å². The van der Waals surface area contributed by atoms with Gasteiger partial charge in [-0.05, 0) is 63.4 Å². The Labute approximate surface area is 207 Å². The van der Waals surface area contributed by atoms with E-state index in [1.807, 2.05) is 20.8 Å². The molecule has 9 heteroatoms. The van der Waals surface area contributed by atoms with Gasteiger partial charge in [0.15, 0.2) is 23.0 Å². The number of hydrazine groups is 1. The third kappa shape index (κ3) is 7.98. The molecule has 0 aromatic heterocycles. The molecule has 0 saturated carbocycles. The lowest BCUT2D eigenvalue weighted by Gasteiger charge is -2.17. The maximum Gasteiger partial charge on any atom is 0.269 e. The topological polar surface area (TPSA) is 104 Å². The van der Waals surface area contributed by atoms with Crippen molar-refractivity contribution in [1.29, 1.82) is 0 Å². The predicted octanol–water partition coefficient (Wildman–Crippen LogP) is 4.39. The first-order chi connectivity index (χ1) is 16.8. The van der Waals surface area contributed by atoms with Gasteiger partial charge in [-0.15, -0.1) is 0 Å². The lowest BCUT2D eigenvalue weighted by atomic mass is 10.1. The molecule has 0 aliphatic carbocycles. The average molecular weight is 489 g/mol. The molecular formula is C26H36N2O7. The van der Waals surface area contributed by atoms with Crippen LogP contribution in [0, 0.1) is 5.92 Å². The van der Waals surface area contributed by atoms with E-state index in [-0.39, 0.29) is 5.56 Å². The van der Waals surface area contributed by atoms with Gasteiger partial charge in [-0.1, -0.05) is 13.8 Å².